The van der Waals surface area contributed by atoms with Crippen LogP contribution in [0.15, 0.2) is 42.5 Å². The van der Waals surface area contributed by atoms with Crippen molar-refractivity contribution in [1.29, 1.82) is 0 Å². The zero-order valence-corrected chi connectivity index (χ0v) is 17.0. The van der Waals surface area contributed by atoms with E-state index in [0.29, 0.717) is 24.3 Å². The predicted octanol–water partition coefficient (Wildman–Crippen LogP) is 3.93. The molecule has 27 heavy (non-hydrogen) atoms. The Bertz CT molecular complexity index is 770. The maximum absolute atomic E-state index is 12.8. The monoisotopic (exact) mass is 386 g/mol. The summed E-state index contributed by atoms with van der Waals surface area (Å²) in [5, 5.41) is 0.494. The first-order chi connectivity index (χ1) is 13.0. The number of hydrogen-bond donors (Lipinski definition) is 0. The maximum Gasteiger partial charge on any atom is 0.253 e. The lowest BCUT2D eigenvalue weighted by Gasteiger charge is -2.35. The quantitative estimate of drug-likeness (QED) is 0.730. The largest absolute Gasteiger partial charge is 0.369 e. The average molecular weight is 387 g/mol. The number of hydrogen-bond acceptors (Lipinski definition) is 4. The number of carbonyl (C=O) groups excluding carboxylic acids is 1. The Labute approximate surface area is 166 Å². The van der Waals surface area contributed by atoms with Gasteiger partial charge in [0, 0.05) is 50.0 Å². The molecule has 1 aliphatic rings. The summed E-state index contributed by atoms with van der Waals surface area (Å²) in [6, 6.07) is 14.0. The third-order valence-electron chi connectivity index (χ3n) is 5.00. The van der Waals surface area contributed by atoms with Crippen molar-refractivity contribution in [3.8, 4) is 0 Å². The first kappa shape index (κ1) is 19.5. The van der Waals surface area contributed by atoms with Gasteiger partial charge in [0.15, 0.2) is 0 Å². The van der Waals surface area contributed by atoms with Crippen LogP contribution in [-0.2, 0) is 0 Å². The first-order valence-corrected chi connectivity index (χ1v) is 9.91. The molecule has 2 heterocycles. The minimum Gasteiger partial charge on any atom is -0.369 e. The van der Waals surface area contributed by atoms with Gasteiger partial charge in [0.05, 0.1) is 0 Å². The molecular formula is C21H27ClN4O. The molecular weight excluding hydrogens is 360 g/mol. The molecule has 1 saturated heterocycles. The average Bonchev–Trinajstić information content (AvgIpc) is 2.68. The van der Waals surface area contributed by atoms with Crippen molar-refractivity contribution in [2.75, 3.05) is 42.5 Å². The van der Waals surface area contributed by atoms with Crippen molar-refractivity contribution in [2.45, 2.75) is 26.8 Å². The molecule has 1 aliphatic heterocycles. The smallest absolute Gasteiger partial charge is 0.253 e. The van der Waals surface area contributed by atoms with E-state index in [0.717, 1.165) is 36.7 Å². The van der Waals surface area contributed by atoms with Gasteiger partial charge in [-0.1, -0.05) is 17.7 Å². The van der Waals surface area contributed by atoms with Crippen LogP contribution in [0, 0.1) is 0 Å². The normalized spacial score (nSPS) is 14.6. The molecule has 1 aromatic carbocycles. The molecule has 1 fully saturated rings. The van der Waals surface area contributed by atoms with Gasteiger partial charge in [-0.15, -0.1) is 0 Å². The third kappa shape index (κ3) is 4.53. The van der Waals surface area contributed by atoms with E-state index in [-0.39, 0.29) is 5.91 Å². The highest BCUT2D eigenvalue weighted by Crippen LogP contribution is 2.20. The Hall–Kier alpha value is -2.27. The van der Waals surface area contributed by atoms with E-state index in [4.69, 9.17) is 11.6 Å². The van der Waals surface area contributed by atoms with Crippen LogP contribution < -0.4 is 9.80 Å². The van der Waals surface area contributed by atoms with E-state index < -0.39 is 0 Å². The minimum atomic E-state index is 0.0906. The fourth-order valence-corrected chi connectivity index (χ4v) is 3.70. The number of halogens is 1. The highest BCUT2D eigenvalue weighted by molar-refractivity contribution is 6.29. The van der Waals surface area contributed by atoms with Gasteiger partial charge in [-0.25, -0.2) is 4.98 Å². The third-order valence-corrected chi connectivity index (χ3v) is 5.21. The minimum absolute atomic E-state index is 0.0906. The summed E-state index contributed by atoms with van der Waals surface area (Å²) in [6.45, 7) is 10.3. The molecule has 0 atom stereocenters. The standard InChI is InChI=1S/C21H27ClN4O/c1-4-26(16(2)3)18-10-8-17(9-11-18)21(27)25-14-12-24(13-15-25)20-7-5-6-19(22)23-20/h5-11,16H,4,12-15H2,1-3H3. The van der Waals surface area contributed by atoms with Crippen LogP contribution in [0.5, 0.6) is 0 Å². The zero-order valence-electron chi connectivity index (χ0n) is 16.2. The highest BCUT2D eigenvalue weighted by atomic mass is 35.5. The van der Waals surface area contributed by atoms with E-state index in [2.05, 4.69) is 35.6 Å². The van der Waals surface area contributed by atoms with Gasteiger partial charge >= 0.3 is 0 Å². The summed E-state index contributed by atoms with van der Waals surface area (Å²) in [6.07, 6.45) is 0. The molecule has 0 aliphatic carbocycles. The van der Waals surface area contributed by atoms with E-state index in [1.54, 1.807) is 6.07 Å². The summed E-state index contributed by atoms with van der Waals surface area (Å²) < 4.78 is 0. The Morgan fingerprint density at radius 3 is 2.33 bits per heavy atom. The van der Waals surface area contributed by atoms with Crippen LogP contribution in [0.3, 0.4) is 0 Å². The number of rotatable bonds is 5. The number of aromatic nitrogens is 1. The highest BCUT2D eigenvalue weighted by Gasteiger charge is 2.23. The van der Waals surface area contributed by atoms with Crippen LogP contribution in [0.1, 0.15) is 31.1 Å². The zero-order chi connectivity index (χ0) is 19.4. The molecule has 1 amide bonds. The summed E-state index contributed by atoms with van der Waals surface area (Å²) in [5.74, 6) is 0.958. The van der Waals surface area contributed by atoms with E-state index in [9.17, 15) is 4.79 Å². The fourth-order valence-electron chi connectivity index (χ4n) is 3.54. The molecule has 144 valence electrons. The summed E-state index contributed by atoms with van der Waals surface area (Å²) in [4.78, 5) is 23.6. The molecule has 0 N–H and O–H groups in total. The second kappa shape index (κ2) is 8.61. The van der Waals surface area contributed by atoms with Crippen molar-refractivity contribution >= 4 is 29.0 Å². The van der Waals surface area contributed by atoms with Crippen molar-refractivity contribution in [2.24, 2.45) is 0 Å². The van der Waals surface area contributed by atoms with Gasteiger partial charge in [0.2, 0.25) is 0 Å². The van der Waals surface area contributed by atoms with Crippen LogP contribution in [0.4, 0.5) is 11.5 Å². The van der Waals surface area contributed by atoms with Crippen molar-refractivity contribution in [1.82, 2.24) is 9.88 Å². The van der Waals surface area contributed by atoms with Gasteiger partial charge in [0.1, 0.15) is 11.0 Å². The van der Waals surface area contributed by atoms with Crippen molar-refractivity contribution in [3.05, 3.63) is 53.2 Å². The number of carbonyl (C=O) groups is 1. The fraction of sp³-hybridized carbons (Fsp3) is 0.429. The molecule has 0 spiro atoms. The van der Waals surface area contributed by atoms with Gasteiger partial charge in [-0.05, 0) is 57.2 Å². The van der Waals surface area contributed by atoms with Crippen molar-refractivity contribution < 1.29 is 4.79 Å². The van der Waals surface area contributed by atoms with E-state index in [1.165, 1.54) is 0 Å². The molecule has 3 rings (SSSR count). The molecule has 0 unspecified atom stereocenters. The summed E-state index contributed by atoms with van der Waals surface area (Å²) >= 11 is 5.98. The Kier molecular flexibility index (Phi) is 6.22. The Morgan fingerprint density at radius 1 is 1.11 bits per heavy atom. The number of anilines is 2. The van der Waals surface area contributed by atoms with Crippen LogP contribution >= 0.6 is 11.6 Å². The second-order valence-electron chi connectivity index (χ2n) is 7.02. The predicted molar refractivity (Wildman–Crippen MR) is 112 cm³/mol. The number of nitrogens with zero attached hydrogens (tertiary/aromatic N) is 4. The number of amides is 1. The first-order valence-electron chi connectivity index (χ1n) is 9.53. The molecule has 5 nitrogen and oxygen atoms in total. The van der Waals surface area contributed by atoms with Crippen LogP contribution in [0.25, 0.3) is 0 Å². The summed E-state index contributed by atoms with van der Waals surface area (Å²) in [7, 11) is 0. The molecule has 2 aromatic rings. The second-order valence-corrected chi connectivity index (χ2v) is 7.41. The van der Waals surface area contributed by atoms with Crippen LogP contribution in [0.2, 0.25) is 5.15 Å². The molecule has 0 radical (unpaired) electrons. The van der Waals surface area contributed by atoms with E-state index in [1.807, 2.05) is 41.3 Å². The number of benzene rings is 1. The lowest BCUT2D eigenvalue weighted by molar-refractivity contribution is 0.0746. The molecule has 0 bridgehead atoms. The lowest BCUT2D eigenvalue weighted by Crippen LogP contribution is -2.49. The molecule has 0 saturated carbocycles. The molecule has 6 heteroatoms. The SMILES string of the molecule is CCN(c1ccc(C(=O)N2CCN(c3cccc(Cl)n3)CC2)cc1)C(C)C. The maximum atomic E-state index is 12.8. The Balaban J connectivity index is 1.62. The van der Waals surface area contributed by atoms with Gasteiger partial charge in [-0.3, -0.25) is 4.79 Å². The van der Waals surface area contributed by atoms with Crippen molar-refractivity contribution in [3.63, 3.8) is 0 Å². The molecule has 1 aromatic heterocycles. The van der Waals surface area contributed by atoms with Gasteiger partial charge in [-0.2, -0.15) is 0 Å². The Morgan fingerprint density at radius 2 is 1.78 bits per heavy atom. The number of pyridine rings is 1. The van der Waals surface area contributed by atoms with Gasteiger partial charge in [0.25, 0.3) is 5.91 Å². The van der Waals surface area contributed by atoms with E-state index >= 15 is 0 Å². The lowest BCUT2D eigenvalue weighted by atomic mass is 10.1. The topological polar surface area (TPSA) is 39.7 Å². The summed E-state index contributed by atoms with van der Waals surface area (Å²) in [5.41, 5.74) is 1.90. The number of piperazine rings is 1. The van der Waals surface area contributed by atoms with Gasteiger partial charge < -0.3 is 14.7 Å². The van der Waals surface area contributed by atoms with Crippen LogP contribution in [-0.4, -0.2) is 54.6 Å².